The zero-order valence-corrected chi connectivity index (χ0v) is 32.6. The Morgan fingerprint density at radius 1 is 0.672 bits per heavy atom. The van der Waals surface area contributed by atoms with Gasteiger partial charge in [-0.15, -0.1) is 0 Å². The summed E-state index contributed by atoms with van der Waals surface area (Å²) in [4.78, 5) is 98.3. The molecule has 1 aliphatic heterocycles. The summed E-state index contributed by atoms with van der Waals surface area (Å²) in [5.74, 6) is -4.62. The smallest absolute Gasteiger partial charge is 0.462 e. The molecule has 20 nitrogen and oxygen atoms in total. The molecule has 2 atom stereocenters. The summed E-state index contributed by atoms with van der Waals surface area (Å²) in [6.45, 7) is 14.7. The van der Waals surface area contributed by atoms with Gasteiger partial charge in [0, 0.05) is 12.2 Å². The summed E-state index contributed by atoms with van der Waals surface area (Å²) in [6, 6.07) is 4.24. The van der Waals surface area contributed by atoms with Crippen molar-refractivity contribution in [1.82, 2.24) is 0 Å². The van der Waals surface area contributed by atoms with E-state index in [1.807, 2.05) is 0 Å². The Balaban J connectivity index is 1.83. The Morgan fingerprint density at radius 3 is 1.57 bits per heavy atom. The topological polar surface area (TPSA) is 257 Å². The lowest BCUT2D eigenvalue weighted by Crippen LogP contribution is -2.22. The van der Waals surface area contributed by atoms with Gasteiger partial charge in [-0.1, -0.05) is 36.7 Å². The second-order valence-corrected chi connectivity index (χ2v) is 13.2. The van der Waals surface area contributed by atoms with Gasteiger partial charge >= 0.3 is 48.1 Å². The monoisotopic (exact) mass is 848 g/mol. The molecule has 0 saturated carbocycles. The summed E-state index contributed by atoms with van der Waals surface area (Å²) in [7, 11) is 0. The number of benzene rings is 1. The van der Waals surface area contributed by atoms with E-state index in [1.165, 1.54) is 26.0 Å². The second kappa shape index (κ2) is 25.6. The minimum Gasteiger partial charge on any atom is -0.462 e. The quantitative estimate of drug-likeness (QED) is 0.0296. The van der Waals surface area contributed by atoms with Crippen LogP contribution in [0.1, 0.15) is 39.5 Å². The molecule has 1 heterocycles. The number of fused-ring (bicyclic) bond motifs is 1. The normalized spacial score (nSPS) is 12.9. The highest BCUT2D eigenvalue weighted by molar-refractivity contribution is 8.24. The number of carbonyl (C=O) groups is 8. The number of rotatable bonds is 22. The molecule has 0 fully saturated rings. The molecule has 1 aliphatic rings. The molecule has 58 heavy (non-hydrogen) atoms. The van der Waals surface area contributed by atoms with E-state index >= 15 is 0 Å². The Bertz CT molecular complexity index is 1850. The van der Waals surface area contributed by atoms with Gasteiger partial charge in [-0.25, -0.2) is 29.3 Å². The first kappa shape index (κ1) is 47.6. The van der Waals surface area contributed by atoms with Crippen molar-refractivity contribution < 1.29 is 85.7 Å². The number of hydrogen-bond acceptors (Lipinski definition) is 21. The molecule has 0 saturated heterocycles. The Morgan fingerprint density at radius 2 is 1.10 bits per heavy atom. The molecule has 0 amide bonds. The van der Waals surface area contributed by atoms with Crippen molar-refractivity contribution in [2.45, 2.75) is 61.5 Å². The summed E-state index contributed by atoms with van der Waals surface area (Å²) in [6.07, 6.45) is -3.34. The van der Waals surface area contributed by atoms with Crippen LogP contribution in [0.15, 0.2) is 57.2 Å². The molecule has 0 N–H and O–H groups in total. The average molecular weight is 849 g/mol. The highest BCUT2D eigenvalue weighted by Crippen LogP contribution is 2.59. The van der Waals surface area contributed by atoms with Crippen molar-refractivity contribution in [2.75, 3.05) is 39.6 Å². The number of carbonyl (C=O) groups excluding carboxylic acids is 8. The molecule has 1 aromatic carbocycles. The number of ether oxygens (including phenoxy) is 10. The average Bonchev–Trinajstić information content (AvgIpc) is 3.65. The summed E-state index contributed by atoms with van der Waals surface area (Å²) in [5.41, 5.74) is -0.287. The zero-order valence-electron chi connectivity index (χ0n) is 31.0. The van der Waals surface area contributed by atoms with Crippen molar-refractivity contribution in [3.05, 3.63) is 58.8 Å². The molecule has 0 radical (unpaired) electrons. The van der Waals surface area contributed by atoms with Crippen LogP contribution in [0.25, 0.3) is 4.85 Å². The summed E-state index contributed by atoms with van der Waals surface area (Å²) in [5, 5.41) is 9.38. The van der Waals surface area contributed by atoms with Gasteiger partial charge in [0.25, 0.3) is 5.70 Å². The molecule has 0 aliphatic carbocycles. The summed E-state index contributed by atoms with van der Waals surface area (Å²) >= 11 is 1.77. The van der Waals surface area contributed by atoms with Crippen LogP contribution in [0.4, 0.5) is 9.59 Å². The maximum atomic E-state index is 12.5. The van der Waals surface area contributed by atoms with Crippen LogP contribution in [0.3, 0.4) is 0 Å². The fraction of sp³-hybridized carbons (Fsp3) is 0.389. The number of nitrogens with zero attached hydrogens (tertiary/aromatic N) is 2. The standard InChI is InChI=1S/C36H36N2O18S2/c1-6-26(39)51-19-22(4)54-31(44)13-12-29(42)48-15-17-50-36(46)56-25-9-8-24(32-33(25)58-34(57-32)23(18-37)38-5)55-35(45)49-16-14-47-28(41)10-11-30(43)52-20-21(3)53-27(40)7-2/h6-9,21-22H,1-2,10-17,19-20H2,3-4H3/b34-23-. The van der Waals surface area contributed by atoms with E-state index in [2.05, 4.69) is 18.0 Å². The van der Waals surface area contributed by atoms with Crippen LogP contribution in [0.2, 0.25) is 0 Å². The molecule has 0 spiro atoms. The SMILES string of the molecule is [C-]#[N+]/C(C#N)=C1/Sc2c(OC(=O)OCCOC(=O)CCC(=O)OCC(C)OC(=O)C=C)ccc(OC(=O)OCCOC(=O)CCC(=O)OC(C)COC(=O)C=C)c2S1. The Hall–Kier alpha value is -6.52. The number of esters is 6. The lowest BCUT2D eigenvalue weighted by molar-refractivity contribution is -0.158. The van der Waals surface area contributed by atoms with E-state index in [4.69, 9.17) is 53.9 Å². The fourth-order valence-electron chi connectivity index (χ4n) is 3.79. The van der Waals surface area contributed by atoms with Gasteiger partial charge in [0.15, 0.2) is 0 Å². The Labute approximate surface area is 339 Å². The summed E-state index contributed by atoms with van der Waals surface area (Å²) < 4.78 is 50.0. The highest BCUT2D eigenvalue weighted by atomic mass is 32.2. The zero-order chi connectivity index (χ0) is 43.0. The molecular weight excluding hydrogens is 813 g/mol. The molecule has 0 aromatic heterocycles. The van der Waals surface area contributed by atoms with E-state index in [-0.39, 0.29) is 83.3 Å². The molecule has 310 valence electrons. The maximum absolute atomic E-state index is 12.5. The Kier molecular flexibility index (Phi) is 21.0. The molecular formula is C36H36N2O18S2. The van der Waals surface area contributed by atoms with Crippen molar-refractivity contribution in [2.24, 2.45) is 0 Å². The number of hydrogen-bond donors (Lipinski definition) is 0. The van der Waals surface area contributed by atoms with Gasteiger partial charge in [-0.05, 0) is 26.0 Å². The van der Waals surface area contributed by atoms with Crippen LogP contribution >= 0.6 is 23.5 Å². The van der Waals surface area contributed by atoms with Crippen LogP contribution in [-0.2, 0) is 66.7 Å². The second-order valence-electron chi connectivity index (χ2n) is 10.9. The minimum absolute atomic E-state index is 0.0963. The van der Waals surface area contributed by atoms with Gasteiger partial charge in [0.1, 0.15) is 63.3 Å². The van der Waals surface area contributed by atoms with Crippen molar-refractivity contribution in [3.63, 3.8) is 0 Å². The third-order valence-electron chi connectivity index (χ3n) is 6.35. The van der Waals surface area contributed by atoms with Gasteiger partial charge < -0.3 is 47.4 Å². The van der Waals surface area contributed by atoms with Crippen molar-refractivity contribution in [1.29, 1.82) is 5.26 Å². The third kappa shape index (κ3) is 18.0. The molecule has 0 bridgehead atoms. The van der Waals surface area contributed by atoms with Crippen LogP contribution < -0.4 is 9.47 Å². The van der Waals surface area contributed by atoms with E-state index < -0.39 is 73.5 Å². The lowest BCUT2D eigenvalue weighted by atomic mass is 10.3. The van der Waals surface area contributed by atoms with E-state index in [9.17, 15) is 43.6 Å². The van der Waals surface area contributed by atoms with Crippen LogP contribution in [0, 0.1) is 17.9 Å². The van der Waals surface area contributed by atoms with Crippen LogP contribution in [0.5, 0.6) is 11.5 Å². The highest BCUT2D eigenvalue weighted by Gasteiger charge is 2.30. The first-order chi connectivity index (χ1) is 27.7. The number of allylic oxidation sites excluding steroid dienone is 1. The molecule has 22 heteroatoms. The first-order valence-corrected chi connectivity index (χ1v) is 18.3. The van der Waals surface area contributed by atoms with Crippen molar-refractivity contribution >= 4 is 71.7 Å². The fourth-order valence-corrected chi connectivity index (χ4v) is 6.26. The minimum atomic E-state index is -1.22. The molecule has 2 rings (SSSR count). The third-order valence-corrected chi connectivity index (χ3v) is 8.95. The largest absolute Gasteiger partial charge is 0.514 e. The van der Waals surface area contributed by atoms with E-state index in [0.717, 1.165) is 35.7 Å². The maximum Gasteiger partial charge on any atom is 0.514 e. The van der Waals surface area contributed by atoms with Crippen LogP contribution in [-0.4, -0.2) is 100.0 Å². The van der Waals surface area contributed by atoms with Crippen molar-refractivity contribution in [3.8, 4) is 17.6 Å². The first-order valence-electron chi connectivity index (χ1n) is 16.7. The number of thioether (sulfide) groups is 2. The predicted octanol–water partition coefficient (Wildman–Crippen LogP) is 4.50. The number of nitriles is 1. The van der Waals surface area contributed by atoms with E-state index in [0.29, 0.717) is 0 Å². The lowest BCUT2D eigenvalue weighted by Gasteiger charge is -2.13. The van der Waals surface area contributed by atoms with Gasteiger partial charge in [-0.2, -0.15) is 0 Å². The van der Waals surface area contributed by atoms with Gasteiger partial charge in [0.2, 0.25) is 0 Å². The predicted molar refractivity (Wildman–Crippen MR) is 195 cm³/mol. The van der Waals surface area contributed by atoms with E-state index in [1.54, 1.807) is 6.07 Å². The molecule has 1 aromatic rings. The van der Waals surface area contributed by atoms with Gasteiger partial charge in [0.05, 0.1) is 52.4 Å². The molecule has 2 unspecified atom stereocenters. The van der Waals surface area contributed by atoms with Gasteiger partial charge in [-0.3, -0.25) is 19.2 Å².